The molecule has 0 amide bonds. The molecule has 0 radical (unpaired) electrons. The molecule has 1 fully saturated rings. The number of hydrogen-bond acceptors (Lipinski definition) is 3. The number of nitrogens with zero attached hydrogens (tertiary/aromatic N) is 2. The van der Waals surface area contributed by atoms with Crippen molar-refractivity contribution in [2.75, 3.05) is 0 Å². The van der Waals surface area contributed by atoms with Crippen molar-refractivity contribution in [1.82, 2.24) is 15.1 Å². The van der Waals surface area contributed by atoms with Crippen LogP contribution in [0.15, 0.2) is 6.20 Å². The maximum absolute atomic E-state index is 9.63. The summed E-state index contributed by atoms with van der Waals surface area (Å²) >= 11 is 0. The number of rotatable bonds is 4. The number of aromatic nitrogens is 2. The summed E-state index contributed by atoms with van der Waals surface area (Å²) in [5.41, 5.74) is 2.46. The fourth-order valence-electron chi connectivity index (χ4n) is 2.63. The smallest absolute Gasteiger partial charge is 0.0666 e. The van der Waals surface area contributed by atoms with Gasteiger partial charge in [0.2, 0.25) is 0 Å². The summed E-state index contributed by atoms with van der Waals surface area (Å²) in [6.45, 7) is 3.00. The summed E-state index contributed by atoms with van der Waals surface area (Å²) in [5, 5.41) is 17.6. The molecule has 2 atom stereocenters. The van der Waals surface area contributed by atoms with Crippen LogP contribution in [0.1, 0.15) is 43.9 Å². The average Bonchev–Trinajstić information content (AvgIpc) is 2.67. The third-order valence-electron chi connectivity index (χ3n) is 3.55. The van der Waals surface area contributed by atoms with Crippen molar-refractivity contribution < 1.29 is 5.11 Å². The van der Waals surface area contributed by atoms with Crippen molar-refractivity contribution in [3.63, 3.8) is 0 Å². The van der Waals surface area contributed by atoms with Crippen LogP contribution in [0.2, 0.25) is 0 Å². The first-order valence-corrected chi connectivity index (χ1v) is 6.62. The maximum Gasteiger partial charge on any atom is 0.0666 e. The molecule has 17 heavy (non-hydrogen) atoms. The monoisotopic (exact) mass is 237 g/mol. The fraction of sp³-hybridized carbons (Fsp3) is 0.769. The van der Waals surface area contributed by atoms with Crippen LogP contribution >= 0.6 is 0 Å². The lowest BCUT2D eigenvalue weighted by atomic mass is 9.93. The Hall–Kier alpha value is -0.870. The van der Waals surface area contributed by atoms with Crippen molar-refractivity contribution in [1.29, 1.82) is 0 Å². The van der Waals surface area contributed by atoms with Crippen LogP contribution in [-0.2, 0) is 20.0 Å². The second kappa shape index (κ2) is 5.65. The van der Waals surface area contributed by atoms with Gasteiger partial charge >= 0.3 is 0 Å². The summed E-state index contributed by atoms with van der Waals surface area (Å²) in [5.74, 6) is 0. The van der Waals surface area contributed by atoms with Crippen LogP contribution in [0.3, 0.4) is 0 Å². The number of aryl methyl sites for hydroxylation is 2. The molecule has 0 aliphatic heterocycles. The van der Waals surface area contributed by atoms with Gasteiger partial charge in [0.25, 0.3) is 0 Å². The SMILES string of the molecule is CCc1nn(C)cc1CNC1CCCC(O)C1. The summed E-state index contributed by atoms with van der Waals surface area (Å²) < 4.78 is 1.88. The van der Waals surface area contributed by atoms with Gasteiger partial charge in [-0.1, -0.05) is 6.92 Å². The van der Waals surface area contributed by atoms with Crippen LogP contribution in [0, 0.1) is 0 Å². The molecule has 4 nitrogen and oxygen atoms in total. The van der Waals surface area contributed by atoms with Crippen molar-refractivity contribution in [2.24, 2.45) is 7.05 Å². The molecule has 1 aliphatic rings. The molecule has 0 saturated heterocycles. The number of nitrogens with one attached hydrogen (secondary N) is 1. The molecule has 0 spiro atoms. The normalized spacial score (nSPS) is 25.1. The van der Waals surface area contributed by atoms with Crippen molar-refractivity contribution in [2.45, 2.75) is 57.7 Å². The zero-order valence-electron chi connectivity index (χ0n) is 10.8. The highest BCUT2D eigenvalue weighted by Crippen LogP contribution is 2.19. The van der Waals surface area contributed by atoms with Crippen molar-refractivity contribution >= 4 is 0 Å². The molecule has 0 aromatic carbocycles. The van der Waals surface area contributed by atoms with E-state index in [1.165, 1.54) is 17.7 Å². The Bertz CT molecular complexity index is 362. The summed E-state index contributed by atoms with van der Waals surface area (Å²) in [4.78, 5) is 0. The van der Waals surface area contributed by atoms with Gasteiger partial charge < -0.3 is 10.4 Å². The van der Waals surface area contributed by atoms with Gasteiger partial charge in [-0.3, -0.25) is 4.68 Å². The standard InChI is InChI=1S/C13H23N3O/c1-3-13-10(9-16(2)15-13)8-14-11-5-4-6-12(17)7-11/h9,11-12,14,17H,3-8H2,1-2H3. The predicted octanol–water partition coefficient (Wildman–Crippen LogP) is 1.38. The van der Waals surface area contributed by atoms with Gasteiger partial charge in [-0.2, -0.15) is 5.10 Å². The van der Waals surface area contributed by atoms with Gasteiger partial charge in [0.15, 0.2) is 0 Å². The summed E-state index contributed by atoms with van der Waals surface area (Å²) in [6.07, 6.45) is 7.12. The molecular weight excluding hydrogens is 214 g/mol. The Morgan fingerprint density at radius 1 is 1.53 bits per heavy atom. The first kappa shape index (κ1) is 12.6. The molecular formula is C13H23N3O. The van der Waals surface area contributed by atoms with E-state index in [1.807, 2.05) is 11.7 Å². The minimum Gasteiger partial charge on any atom is -0.393 e. The predicted molar refractivity (Wildman–Crippen MR) is 67.7 cm³/mol. The van der Waals surface area contributed by atoms with E-state index >= 15 is 0 Å². The molecule has 1 aromatic heterocycles. The van der Waals surface area contributed by atoms with E-state index in [1.54, 1.807) is 0 Å². The highest BCUT2D eigenvalue weighted by Gasteiger charge is 2.19. The zero-order valence-corrected chi connectivity index (χ0v) is 10.8. The quantitative estimate of drug-likeness (QED) is 0.831. The minimum atomic E-state index is -0.110. The summed E-state index contributed by atoms with van der Waals surface area (Å²) in [7, 11) is 1.97. The van der Waals surface area contributed by atoms with E-state index in [9.17, 15) is 5.11 Å². The average molecular weight is 237 g/mol. The third-order valence-corrected chi connectivity index (χ3v) is 3.55. The van der Waals surface area contributed by atoms with E-state index < -0.39 is 0 Å². The lowest BCUT2D eigenvalue weighted by Crippen LogP contribution is -2.35. The van der Waals surface area contributed by atoms with Crippen LogP contribution in [0.25, 0.3) is 0 Å². The Morgan fingerprint density at radius 3 is 3.06 bits per heavy atom. The van der Waals surface area contributed by atoms with Gasteiger partial charge in [-0.05, 0) is 32.1 Å². The van der Waals surface area contributed by atoms with Crippen LogP contribution < -0.4 is 5.32 Å². The van der Waals surface area contributed by atoms with E-state index in [0.29, 0.717) is 6.04 Å². The molecule has 2 unspecified atom stereocenters. The Kier molecular flexibility index (Phi) is 4.18. The number of aliphatic hydroxyl groups excluding tert-OH is 1. The Balaban J connectivity index is 1.88. The number of hydrogen-bond donors (Lipinski definition) is 2. The Morgan fingerprint density at radius 2 is 2.35 bits per heavy atom. The lowest BCUT2D eigenvalue weighted by Gasteiger charge is -2.26. The van der Waals surface area contributed by atoms with Gasteiger partial charge in [0.05, 0.1) is 11.8 Å². The second-order valence-corrected chi connectivity index (χ2v) is 5.03. The van der Waals surface area contributed by atoms with E-state index in [4.69, 9.17) is 0 Å². The number of aliphatic hydroxyl groups is 1. The lowest BCUT2D eigenvalue weighted by molar-refractivity contribution is 0.111. The largest absolute Gasteiger partial charge is 0.393 e. The molecule has 1 heterocycles. The van der Waals surface area contributed by atoms with E-state index in [2.05, 4.69) is 23.5 Å². The molecule has 1 aromatic rings. The topological polar surface area (TPSA) is 50.1 Å². The maximum atomic E-state index is 9.63. The highest BCUT2D eigenvalue weighted by molar-refractivity contribution is 5.16. The van der Waals surface area contributed by atoms with Crippen LogP contribution in [0.4, 0.5) is 0 Å². The molecule has 96 valence electrons. The van der Waals surface area contributed by atoms with Crippen LogP contribution in [-0.4, -0.2) is 27.0 Å². The Labute approximate surface area is 103 Å². The van der Waals surface area contributed by atoms with Crippen molar-refractivity contribution in [3.8, 4) is 0 Å². The molecule has 1 saturated carbocycles. The third kappa shape index (κ3) is 3.30. The molecule has 4 heteroatoms. The minimum absolute atomic E-state index is 0.110. The van der Waals surface area contributed by atoms with Gasteiger partial charge in [0, 0.05) is 31.4 Å². The first-order chi connectivity index (χ1) is 8.19. The summed E-state index contributed by atoms with van der Waals surface area (Å²) in [6, 6.07) is 0.462. The van der Waals surface area contributed by atoms with Crippen molar-refractivity contribution in [3.05, 3.63) is 17.5 Å². The molecule has 1 aliphatic carbocycles. The second-order valence-electron chi connectivity index (χ2n) is 5.03. The van der Waals surface area contributed by atoms with Gasteiger partial charge in [-0.15, -0.1) is 0 Å². The van der Waals surface area contributed by atoms with E-state index in [-0.39, 0.29) is 6.10 Å². The zero-order chi connectivity index (χ0) is 12.3. The van der Waals surface area contributed by atoms with E-state index in [0.717, 1.165) is 32.2 Å². The first-order valence-electron chi connectivity index (χ1n) is 6.62. The van der Waals surface area contributed by atoms with Crippen LogP contribution in [0.5, 0.6) is 0 Å². The molecule has 0 bridgehead atoms. The fourth-order valence-corrected chi connectivity index (χ4v) is 2.63. The van der Waals surface area contributed by atoms with Gasteiger partial charge in [-0.25, -0.2) is 0 Å². The van der Waals surface area contributed by atoms with Gasteiger partial charge in [0.1, 0.15) is 0 Å². The molecule has 2 N–H and O–H groups in total. The highest BCUT2D eigenvalue weighted by atomic mass is 16.3. The molecule has 2 rings (SSSR count).